The van der Waals surface area contributed by atoms with Gasteiger partial charge in [0.1, 0.15) is 24.0 Å². The van der Waals surface area contributed by atoms with Crippen LogP contribution in [-0.2, 0) is 4.79 Å². The molecule has 3 rings (SSSR count). The van der Waals surface area contributed by atoms with E-state index in [1.807, 2.05) is 32.0 Å². The lowest BCUT2D eigenvalue weighted by Crippen LogP contribution is -2.49. The van der Waals surface area contributed by atoms with Crippen molar-refractivity contribution in [2.75, 3.05) is 20.2 Å². The minimum atomic E-state index is -0.921. The zero-order valence-corrected chi connectivity index (χ0v) is 15.8. The van der Waals surface area contributed by atoms with Gasteiger partial charge in [-0.3, -0.25) is 9.69 Å². The first-order valence-corrected chi connectivity index (χ1v) is 9.33. The molecule has 1 N–H and O–H groups in total. The number of imide groups is 1. The molecule has 1 saturated carbocycles. The summed E-state index contributed by atoms with van der Waals surface area (Å²) in [6.07, 6.45) is 3.50. The van der Waals surface area contributed by atoms with Crippen molar-refractivity contribution in [1.82, 2.24) is 9.80 Å². The topological polar surface area (TPSA) is 70.1 Å². The minimum Gasteiger partial charge on any atom is -0.491 e. The maximum absolute atomic E-state index is 12.9. The highest BCUT2D eigenvalue weighted by atomic mass is 16.5. The Morgan fingerprint density at radius 2 is 1.88 bits per heavy atom. The lowest BCUT2D eigenvalue weighted by Gasteiger charge is -2.35. The molecule has 1 aliphatic heterocycles. The summed E-state index contributed by atoms with van der Waals surface area (Å²) in [5.74, 6) is 0.541. The molecule has 0 aromatic heterocycles. The molecule has 2 fully saturated rings. The van der Waals surface area contributed by atoms with Crippen molar-refractivity contribution in [1.29, 1.82) is 0 Å². The second-order valence-electron chi connectivity index (χ2n) is 7.58. The van der Waals surface area contributed by atoms with Crippen molar-refractivity contribution in [2.24, 2.45) is 0 Å². The van der Waals surface area contributed by atoms with Gasteiger partial charge in [-0.1, -0.05) is 31.4 Å². The highest BCUT2D eigenvalue weighted by Gasteiger charge is 2.55. The number of ether oxygens (including phenoxy) is 1. The van der Waals surface area contributed by atoms with Gasteiger partial charge in [-0.2, -0.15) is 0 Å². The van der Waals surface area contributed by atoms with Gasteiger partial charge < -0.3 is 14.7 Å². The number of carbonyl (C=O) groups is 2. The molecular formula is C20H28N2O4. The van der Waals surface area contributed by atoms with Crippen molar-refractivity contribution < 1.29 is 19.4 Å². The third-order valence-electron chi connectivity index (χ3n) is 5.65. The number of hydrogen-bond acceptors (Lipinski definition) is 4. The average molecular weight is 360 g/mol. The Morgan fingerprint density at radius 3 is 2.58 bits per heavy atom. The van der Waals surface area contributed by atoms with E-state index in [9.17, 15) is 14.7 Å². The van der Waals surface area contributed by atoms with E-state index in [2.05, 4.69) is 0 Å². The zero-order valence-electron chi connectivity index (χ0n) is 15.8. The van der Waals surface area contributed by atoms with Crippen molar-refractivity contribution in [3.8, 4) is 5.75 Å². The molecule has 1 spiro atoms. The second-order valence-corrected chi connectivity index (χ2v) is 7.58. The Labute approximate surface area is 154 Å². The van der Waals surface area contributed by atoms with E-state index in [0.717, 1.165) is 30.4 Å². The Kier molecular flexibility index (Phi) is 5.23. The molecule has 6 heteroatoms. The number of hydrogen-bond donors (Lipinski definition) is 1. The monoisotopic (exact) mass is 360 g/mol. The van der Waals surface area contributed by atoms with E-state index in [0.29, 0.717) is 18.6 Å². The van der Waals surface area contributed by atoms with E-state index < -0.39 is 11.6 Å². The quantitative estimate of drug-likeness (QED) is 0.820. The van der Waals surface area contributed by atoms with Gasteiger partial charge in [-0.15, -0.1) is 0 Å². The van der Waals surface area contributed by atoms with Gasteiger partial charge in [0, 0.05) is 7.05 Å². The maximum atomic E-state index is 12.9. The Hall–Kier alpha value is -2.08. The second kappa shape index (κ2) is 7.27. The molecule has 1 heterocycles. The summed E-state index contributed by atoms with van der Waals surface area (Å²) in [4.78, 5) is 28.3. The van der Waals surface area contributed by atoms with Crippen molar-refractivity contribution in [3.63, 3.8) is 0 Å². The SMILES string of the molecule is Cc1ccc(C)c(OCC(O)CN2C(=O)N(C)C3(CCCCC3)C2=O)c1. The highest BCUT2D eigenvalue weighted by molar-refractivity contribution is 6.07. The van der Waals surface area contributed by atoms with E-state index in [4.69, 9.17) is 4.74 Å². The fraction of sp³-hybridized carbons (Fsp3) is 0.600. The number of aryl methyl sites for hydroxylation is 2. The lowest BCUT2D eigenvalue weighted by atomic mass is 9.81. The Morgan fingerprint density at radius 1 is 1.19 bits per heavy atom. The van der Waals surface area contributed by atoms with Gasteiger partial charge in [0.25, 0.3) is 5.91 Å². The molecule has 142 valence electrons. The van der Waals surface area contributed by atoms with Crippen LogP contribution in [-0.4, -0.2) is 58.7 Å². The third-order valence-corrected chi connectivity index (χ3v) is 5.65. The molecule has 1 atom stereocenters. The summed E-state index contributed by atoms with van der Waals surface area (Å²) in [5, 5.41) is 10.4. The van der Waals surface area contributed by atoms with E-state index in [1.165, 1.54) is 4.90 Å². The number of nitrogens with zero attached hydrogens (tertiary/aromatic N) is 2. The summed E-state index contributed by atoms with van der Waals surface area (Å²) in [7, 11) is 1.70. The fourth-order valence-corrected chi connectivity index (χ4v) is 4.00. The number of β-amino-alcohol motifs (C(OH)–C–C–N with tert-alkyl or cyclic N) is 1. The molecule has 1 aromatic carbocycles. The number of rotatable bonds is 5. The molecule has 0 bridgehead atoms. The first-order valence-electron chi connectivity index (χ1n) is 9.33. The van der Waals surface area contributed by atoms with Crippen molar-refractivity contribution in [3.05, 3.63) is 29.3 Å². The molecule has 26 heavy (non-hydrogen) atoms. The largest absolute Gasteiger partial charge is 0.491 e. The fourth-order valence-electron chi connectivity index (χ4n) is 4.00. The van der Waals surface area contributed by atoms with Crippen LogP contribution in [0.25, 0.3) is 0 Å². The van der Waals surface area contributed by atoms with Crippen molar-refractivity contribution >= 4 is 11.9 Å². The molecule has 6 nitrogen and oxygen atoms in total. The highest BCUT2D eigenvalue weighted by Crippen LogP contribution is 2.39. The Bertz CT molecular complexity index is 697. The van der Waals surface area contributed by atoms with Crippen LogP contribution in [0.1, 0.15) is 43.2 Å². The molecule has 3 amide bonds. The van der Waals surface area contributed by atoms with E-state index in [-0.39, 0.29) is 25.1 Å². The molecule has 2 aliphatic rings. The molecule has 0 radical (unpaired) electrons. The first kappa shape index (κ1) is 18.7. The lowest BCUT2D eigenvalue weighted by molar-refractivity contribution is -0.135. The van der Waals surface area contributed by atoms with Crippen LogP contribution in [0.3, 0.4) is 0 Å². The van der Waals surface area contributed by atoms with E-state index in [1.54, 1.807) is 11.9 Å². The van der Waals surface area contributed by atoms with Crippen LogP contribution in [0.5, 0.6) is 5.75 Å². The molecule has 1 saturated heterocycles. The van der Waals surface area contributed by atoms with Crippen LogP contribution >= 0.6 is 0 Å². The summed E-state index contributed by atoms with van der Waals surface area (Å²) in [6.45, 7) is 3.92. The molecule has 1 aromatic rings. The number of carbonyl (C=O) groups excluding carboxylic acids is 2. The summed E-state index contributed by atoms with van der Waals surface area (Å²) >= 11 is 0. The summed E-state index contributed by atoms with van der Waals surface area (Å²) < 4.78 is 5.71. The third kappa shape index (κ3) is 3.30. The van der Waals surface area contributed by atoms with Gasteiger partial charge in [0.2, 0.25) is 0 Å². The number of aliphatic hydroxyl groups is 1. The van der Waals surface area contributed by atoms with Crippen LogP contribution in [0.2, 0.25) is 0 Å². The number of likely N-dealkylation sites (N-methyl/N-ethyl adjacent to an activating group) is 1. The zero-order chi connectivity index (χ0) is 18.9. The van der Waals surface area contributed by atoms with Gasteiger partial charge in [-0.25, -0.2) is 4.79 Å². The number of amides is 3. The molecular weight excluding hydrogens is 332 g/mol. The standard InChI is InChI=1S/C20H28N2O4/c1-14-7-8-15(2)17(11-14)26-13-16(23)12-22-18(24)20(21(3)19(22)25)9-5-4-6-10-20/h7-8,11,16,23H,4-6,9-10,12-13H2,1-3H3. The van der Waals surface area contributed by atoms with Crippen LogP contribution < -0.4 is 4.74 Å². The number of urea groups is 1. The predicted molar refractivity (Wildman–Crippen MR) is 98.1 cm³/mol. The van der Waals surface area contributed by atoms with Gasteiger partial charge in [0.15, 0.2) is 0 Å². The van der Waals surface area contributed by atoms with Crippen LogP contribution in [0.15, 0.2) is 18.2 Å². The number of aliphatic hydroxyl groups excluding tert-OH is 1. The molecule has 1 unspecified atom stereocenters. The predicted octanol–water partition coefficient (Wildman–Crippen LogP) is 2.64. The average Bonchev–Trinajstić information content (AvgIpc) is 2.79. The maximum Gasteiger partial charge on any atom is 0.327 e. The van der Waals surface area contributed by atoms with Crippen LogP contribution in [0.4, 0.5) is 4.79 Å². The van der Waals surface area contributed by atoms with Gasteiger partial charge in [-0.05, 0) is 43.9 Å². The van der Waals surface area contributed by atoms with Crippen LogP contribution in [0, 0.1) is 13.8 Å². The smallest absolute Gasteiger partial charge is 0.327 e. The Balaban J connectivity index is 1.63. The van der Waals surface area contributed by atoms with E-state index >= 15 is 0 Å². The summed E-state index contributed by atoms with van der Waals surface area (Å²) in [5.41, 5.74) is 1.35. The number of benzene rings is 1. The molecule has 1 aliphatic carbocycles. The van der Waals surface area contributed by atoms with Gasteiger partial charge >= 0.3 is 6.03 Å². The van der Waals surface area contributed by atoms with Crippen molar-refractivity contribution in [2.45, 2.75) is 57.6 Å². The van der Waals surface area contributed by atoms with Gasteiger partial charge in [0.05, 0.1) is 6.54 Å². The minimum absolute atomic E-state index is 0.0331. The first-order chi connectivity index (χ1) is 12.3. The normalized spacial score (nSPS) is 20.8. The summed E-state index contributed by atoms with van der Waals surface area (Å²) in [6, 6.07) is 5.56.